The number of hydrogen-bond donors (Lipinski definition) is 1. The third-order valence-electron chi connectivity index (χ3n) is 4.16. The van der Waals surface area contributed by atoms with E-state index in [2.05, 4.69) is 22.4 Å². The zero-order valence-electron chi connectivity index (χ0n) is 14.0. The molecule has 1 amide bonds. The predicted molar refractivity (Wildman–Crippen MR) is 103 cm³/mol. The van der Waals surface area contributed by atoms with Crippen LogP contribution in [0.1, 0.15) is 10.4 Å². The lowest BCUT2D eigenvalue weighted by Crippen LogP contribution is -2.11. The highest BCUT2D eigenvalue weighted by Crippen LogP contribution is 2.20. The Morgan fingerprint density at radius 3 is 2.35 bits per heavy atom. The van der Waals surface area contributed by atoms with E-state index in [0.717, 1.165) is 22.5 Å². The molecule has 26 heavy (non-hydrogen) atoms. The molecule has 1 N–H and O–H groups in total. The Bertz CT molecular complexity index is 1010. The number of carbonyl (C=O) groups excluding carboxylic acids is 1. The van der Waals surface area contributed by atoms with Crippen LogP contribution in [-0.4, -0.2) is 15.5 Å². The minimum Gasteiger partial charge on any atom is -0.322 e. The Morgan fingerprint density at radius 2 is 1.62 bits per heavy atom. The molecule has 0 radical (unpaired) electrons. The molecular formula is C22H17N3O. The van der Waals surface area contributed by atoms with Crippen molar-refractivity contribution in [2.75, 3.05) is 5.32 Å². The number of imidazole rings is 1. The van der Waals surface area contributed by atoms with Crippen molar-refractivity contribution < 1.29 is 4.79 Å². The van der Waals surface area contributed by atoms with Gasteiger partial charge in [0.25, 0.3) is 5.91 Å². The zero-order valence-corrected chi connectivity index (χ0v) is 14.0. The van der Waals surface area contributed by atoms with Crippen molar-refractivity contribution in [1.29, 1.82) is 0 Å². The molecule has 3 aromatic carbocycles. The Morgan fingerprint density at radius 1 is 0.846 bits per heavy atom. The Hall–Kier alpha value is -3.66. The normalized spacial score (nSPS) is 10.5. The van der Waals surface area contributed by atoms with Gasteiger partial charge in [-0.2, -0.15) is 0 Å². The summed E-state index contributed by atoms with van der Waals surface area (Å²) >= 11 is 0. The molecule has 0 aliphatic heterocycles. The van der Waals surface area contributed by atoms with Crippen molar-refractivity contribution in [2.45, 2.75) is 0 Å². The molecule has 0 spiro atoms. The van der Waals surface area contributed by atoms with Crippen LogP contribution in [0.3, 0.4) is 0 Å². The Kier molecular flexibility index (Phi) is 4.31. The topological polar surface area (TPSA) is 46.9 Å². The number of nitrogens with zero attached hydrogens (tertiary/aromatic N) is 2. The third kappa shape index (κ3) is 3.39. The van der Waals surface area contributed by atoms with Gasteiger partial charge in [-0.1, -0.05) is 48.5 Å². The number of nitrogens with one attached hydrogen (secondary N) is 1. The van der Waals surface area contributed by atoms with E-state index in [1.165, 1.54) is 0 Å². The molecule has 0 fully saturated rings. The van der Waals surface area contributed by atoms with Gasteiger partial charge in [0.2, 0.25) is 0 Å². The number of hydrogen-bond acceptors (Lipinski definition) is 2. The van der Waals surface area contributed by atoms with Crippen LogP contribution in [-0.2, 0) is 0 Å². The smallest absolute Gasteiger partial charge is 0.255 e. The van der Waals surface area contributed by atoms with E-state index < -0.39 is 0 Å². The summed E-state index contributed by atoms with van der Waals surface area (Å²) in [6.45, 7) is 0. The lowest BCUT2D eigenvalue weighted by molar-refractivity contribution is 0.102. The predicted octanol–water partition coefficient (Wildman–Crippen LogP) is 4.79. The molecule has 126 valence electrons. The maximum Gasteiger partial charge on any atom is 0.255 e. The number of anilines is 1. The van der Waals surface area contributed by atoms with Crippen LogP contribution in [0.4, 0.5) is 5.69 Å². The van der Waals surface area contributed by atoms with Crippen LogP contribution in [0.15, 0.2) is 97.6 Å². The molecule has 4 rings (SSSR count). The van der Waals surface area contributed by atoms with Gasteiger partial charge in [0, 0.05) is 29.3 Å². The summed E-state index contributed by atoms with van der Waals surface area (Å²) in [5.41, 5.74) is 4.53. The second-order valence-corrected chi connectivity index (χ2v) is 5.92. The van der Waals surface area contributed by atoms with E-state index in [9.17, 15) is 4.79 Å². The Labute approximate surface area is 151 Å². The number of amides is 1. The second kappa shape index (κ2) is 7.07. The molecule has 0 aliphatic carbocycles. The van der Waals surface area contributed by atoms with Gasteiger partial charge >= 0.3 is 0 Å². The minimum atomic E-state index is -0.132. The van der Waals surface area contributed by atoms with E-state index in [1.54, 1.807) is 12.5 Å². The first-order chi connectivity index (χ1) is 12.8. The number of carbonyl (C=O) groups is 1. The number of aromatic nitrogens is 2. The summed E-state index contributed by atoms with van der Waals surface area (Å²) in [6.07, 6.45) is 5.31. The van der Waals surface area contributed by atoms with Crippen LogP contribution in [0.5, 0.6) is 0 Å². The third-order valence-corrected chi connectivity index (χ3v) is 4.16. The number of rotatable bonds is 4. The van der Waals surface area contributed by atoms with Gasteiger partial charge < -0.3 is 9.88 Å². The zero-order chi connectivity index (χ0) is 17.8. The molecule has 4 heteroatoms. The fourth-order valence-electron chi connectivity index (χ4n) is 2.80. The fourth-order valence-corrected chi connectivity index (χ4v) is 2.80. The first-order valence-corrected chi connectivity index (χ1v) is 8.35. The average Bonchev–Trinajstić information content (AvgIpc) is 3.24. The maximum atomic E-state index is 12.5. The van der Waals surface area contributed by atoms with Crippen molar-refractivity contribution in [3.63, 3.8) is 0 Å². The average molecular weight is 339 g/mol. The molecule has 0 unspecified atom stereocenters. The standard InChI is InChI=1S/C22H17N3O/c26-22(19-11-9-18(10-12-19)17-5-2-1-3-6-17)24-20-7-4-8-21(15-20)25-14-13-23-16-25/h1-16H,(H,24,26). The summed E-state index contributed by atoms with van der Waals surface area (Å²) in [6, 6.07) is 25.4. The highest BCUT2D eigenvalue weighted by Gasteiger charge is 2.07. The molecule has 1 aromatic heterocycles. The van der Waals surface area contributed by atoms with Crippen LogP contribution in [0.25, 0.3) is 16.8 Å². The molecule has 4 nitrogen and oxygen atoms in total. The van der Waals surface area contributed by atoms with Crippen molar-refractivity contribution >= 4 is 11.6 Å². The van der Waals surface area contributed by atoms with Gasteiger partial charge in [0.15, 0.2) is 0 Å². The summed E-state index contributed by atoms with van der Waals surface area (Å²) in [5.74, 6) is -0.132. The summed E-state index contributed by atoms with van der Waals surface area (Å²) in [7, 11) is 0. The van der Waals surface area contributed by atoms with E-state index >= 15 is 0 Å². The lowest BCUT2D eigenvalue weighted by atomic mass is 10.0. The lowest BCUT2D eigenvalue weighted by Gasteiger charge is -2.09. The quantitative estimate of drug-likeness (QED) is 0.581. The van der Waals surface area contributed by atoms with E-state index in [-0.39, 0.29) is 5.91 Å². The van der Waals surface area contributed by atoms with Gasteiger partial charge in [-0.25, -0.2) is 4.98 Å². The second-order valence-electron chi connectivity index (χ2n) is 5.92. The molecule has 0 saturated heterocycles. The highest BCUT2D eigenvalue weighted by molar-refractivity contribution is 6.04. The van der Waals surface area contributed by atoms with Gasteiger partial charge in [-0.15, -0.1) is 0 Å². The van der Waals surface area contributed by atoms with Gasteiger partial charge in [0.05, 0.1) is 6.33 Å². The van der Waals surface area contributed by atoms with E-state index in [1.807, 2.05) is 77.5 Å². The first-order valence-electron chi connectivity index (χ1n) is 8.35. The largest absolute Gasteiger partial charge is 0.322 e. The summed E-state index contributed by atoms with van der Waals surface area (Å²) < 4.78 is 1.89. The molecule has 0 saturated carbocycles. The van der Waals surface area contributed by atoms with Crippen molar-refractivity contribution in [3.05, 3.63) is 103 Å². The molecular weight excluding hydrogens is 322 g/mol. The van der Waals surface area contributed by atoms with E-state index in [0.29, 0.717) is 5.56 Å². The molecule has 0 atom stereocenters. The minimum absolute atomic E-state index is 0.132. The first kappa shape index (κ1) is 15.8. The van der Waals surface area contributed by atoms with Crippen molar-refractivity contribution in [3.8, 4) is 16.8 Å². The monoisotopic (exact) mass is 339 g/mol. The SMILES string of the molecule is O=C(Nc1cccc(-n2ccnc2)c1)c1ccc(-c2ccccc2)cc1. The fraction of sp³-hybridized carbons (Fsp3) is 0. The summed E-state index contributed by atoms with van der Waals surface area (Å²) in [5, 5.41) is 2.95. The van der Waals surface area contributed by atoms with E-state index in [4.69, 9.17) is 0 Å². The van der Waals surface area contributed by atoms with Gasteiger partial charge in [-0.3, -0.25) is 4.79 Å². The summed E-state index contributed by atoms with van der Waals surface area (Å²) in [4.78, 5) is 16.6. The molecule has 1 heterocycles. The van der Waals surface area contributed by atoms with Crippen LogP contribution < -0.4 is 5.32 Å². The van der Waals surface area contributed by atoms with Gasteiger partial charge in [-0.05, 0) is 41.5 Å². The van der Waals surface area contributed by atoms with Crippen LogP contribution in [0.2, 0.25) is 0 Å². The van der Waals surface area contributed by atoms with Gasteiger partial charge in [0.1, 0.15) is 0 Å². The highest BCUT2D eigenvalue weighted by atomic mass is 16.1. The molecule has 0 bridgehead atoms. The van der Waals surface area contributed by atoms with Crippen LogP contribution in [0, 0.1) is 0 Å². The van der Waals surface area contributed by atoms with Crippen molar-refractivity contribution in [1.82, 2.24) is 9.55 Å². The van der Waals surface area contributed by atoms with Crippen LogP contribution >= 0.6 is 0 Å². The van der Waals surface area contributed by atoms with Crippen molar-refractivity contribution in [2.24, 2.45) is 0 Å². The number of benzene rings is 3. The molecule has 4 aromatic rings. The molecule has 0 aliphatic rings. The maximum absolute atomic E-state index is 12.5. The Balaban J connectivity index is 1.51.